The first-order valence-electron chi connectivity index (χ1n) is 4.70. The van der Waals surface area contributed by atoms with Crippen LogP contribution < -0.4 is 0 Å². The highest BCUT2D eigenvalue weighted by atomic mass is 32.2. The zero-order chi connectivity index (χ0) is 14.0. The molecule has 1 heterocycles. The van der Waals surface area contributed by atoms with E-state index in [9.17, 15) is 26.4 Å². The Hall–Kier alpha value is -1.45. The number of ether oxygens (including phenoxy) is 1. The maximum absolute atomic E-state index is 12.0. The molecule has 0 radical (unpaired) electrons. The monoisotopic (exact) mass is 289 g/mol. The van der Waals surface area contributed by atoms with E-state index in [1.807, 2.05) is 0 Å². The predicted molar refractivity (Wildman–Crippen MR) is 52.7 cm³/mol. The number of nitrogens with zero attached hydrogens (tertiary/aromatic N) is 1. The molecule has 0 aromatic carbocycles. The lowest BCUT2D eigenvalue weighted by molar-refractivity contribution is -0.0525. The first kappa shape index (κ1) is 14.6. The number of amides is 1. The number of hydrogen-bond donors (Lipinski definition) is 0. The van der Waals surface area contributed by atoms with Gasteiger partial charge in [0.2, 0.25) is 0 Å². The van der Waals surface area contributed by atoms with E-state index in [4.69, 9.17) is 0 Å². The first-order chi connectivity index (χ1) is 8.17. The molecular weight excluding hydrogens is 279 g/mol. The lowest BCUT2D eigenvalue weighted by Gasteiger charge is -2.24. The molecule has 0 unspecified atom stereocenters. The summed E-state index contributed by atoms with van der Waals surface area (Å²) in [6.45, 7) is -0.0543. The predicted octanol–water partition coefficient (Wildman–Crippen LogP) is 1.21. The summed E-state index contributed by atoms with van der Waals surface area (Å²) < 4.78 is 65.8. The van der Waals surface area contributed by atoms with Crippen LogP contribution in [0.15, 0.2) is 11.8 Å². The molecule has 0 aromatic heterocycles. The Labute approximate surface area is 101 Å². The number of carbonyl (C=O) groups is 1. The van der Waals surface area contributed by atoms with Gasteiger partial charge in [0.15, 0.2) is 0 Å². The normalized spacial score (nSPS) is 17.1. The topological polar surface area (TPSA) is 72.9 Å². The smallest absolute Gasteiger partial charge is 0.453 e. The fraction of sp³-hybridized carbons (Fsp3) is 0.625. The zero-order valence-corrected chi connectivity index (χ0v) is 10.0. The molecule has 0 atom stereocenters. The van der Waals surface area contributed by atoms with Crippen molar-refractivity contribution in [2.75, 3.05) is 20.2 Å². The van der Waals surface area contributed by atoms with Gasteiger partial charge in [0.1, 0.15) is 5.76 Å². The van der Waals surface area contributed by atoms with Crippen LogP contribution in [-0.2, 0) is 19.0 Å². The molecule has 0 saturated carbocycles. The lowest BCUT2D eigenvalue weighted by Crippen LogP contribution is -2.36. The number of alkyl halides is 3. The molecule has 1 aliphatic rings. The Kier molecular flexibility index (Phi) is 4.09. The van der Waals surface area contributed by atoms with Crippen LogP contribution in [0.1, 0.15) is 6.42 Å². The second-order valence-corrected chi connectivity index (χ2v) is 4.86. The van der Waals surface area contributed by atoms with Gasteiger partial charge in [0, 0.05) is 19.5 Å². The van der Waals surface area contributed by atoms with E-state index in [1.165, 1.54) is 4.90 Å². The molecule has 104 valence electrons. The van der Waals surface area contributed by atoms with Gasteiger partial charge < -0.3 is 13.8 Å². The van der Waals surface area contributed by atoms with E-state index in [-0.39, 0.29) is 25.3 Å². The van der Waals surface area contributed by atoms with Gasteiger partial charge >= 0.3 is 21.7 Å². The number of halogens is 3. The van der Waals surface area contributed by atoms with Gasteiger partial charge in [-0.1, -0.05) is 0 Å². The fourth-order valence-corrected chi connectivity index (χ4v) is 1.74. The molecule has 0 bridgehead atoms. The third-order valence-electron chi connectivity index (χ3n) is 2.10. The van der Waals surface area contributed by atoms with Crippen molar-refractivity contribution in [3.8, 4) is 0 Å². The van der Waals surface area contributed by atoms with E-state index >= 15 is 0 Å². The van der Waals surface area contributed by atoms with Crippen LogP contribution in [-0.4, -0.2) is 45.1 Å². The quantitative estimate of drug-likeness (QED) is 0.564. The summed E-state index contributed by atoms with van der Waals surface area (Å²) in [4.78, 5) is 12.2. The zero-order valence-electron chi connectivity index (χ0n) is 9.23. The van der Waals surface area contributed by atoms with E-state index in [2.05, 4.69) is 8.92 Å². The van der Waals surface area contributed by atoms with Gasteiger partial charge in [0.05, 0.1) is 7.11 Å². The molecule has 0 spiro atoms. The summed E-state index contributed by atoms with van der Waals surface area (Å²) in [5, 5.41) is 0. The van der Waals surface area contributed by atoms with Crippen LogP contribution in [0.4, 0.5) is 18.0 Å². The summed E-state index contributed by atoms with van der Waals surface area (Å²) in [7, 11) is -4.48. The van der Waals surface area contributed by atoms with Crippen molar-refractivity contribution in [3.63, 3.8) is 0 Å². The number of rotatable bonds is 2. The van der Waals surface area contributed by atoms with Crippen LogP contribution in [0, 0.1) is 0 Å². The van der Waals surface area contributed by atoms with Crippen LogP contribution in [0.3, 0.4) is 0 Å². The van der Waals surface area contributed by atoms with E-state index in [0.29, 0.717) is 0 Å². The molecule has 6 nitrogen and oxygen atoms in total. The molecular formula is C8H10F3NO5S. The minimum absolute atomic E-state index is 0.0197. The minimum Gasteiger partial charge on any atom is -0.453 e. The third kappa shape index (κ3) is 3.28. The second-order valence-electron chi connectivity index (χ2n) is 3.32. The van der Waals surface area contributed by atoms with Crippen molar-refractivity contribution in [2.24, 2.45) is 0 Å². The molecule has 10 heteroatoms. The lowest BCUT2D eigenvalue weighted by atomic mass is 10.2. The van der Waals surface area contributed by atoms with E-state index in [1.54, 1.807) is 0 Å². The molecule has 1 amide bonds. The van der Waals surface area contributed by atoms with Gasteiger partial charge in [0.25, 0.3) is 0 Å². The van der Waals surface area contributed by atoms with Gasteiger partial charge in [-0.15, -0.1) is 0 Å². The standard InChI is InChI=1S/C8H10F3NO5S/c1-16-7(13)12-4-2-6(3-5-12)17-18(14,15)8(9,10)11/h2H,3-5H2,1H3. The Morgan fingerprint density at radius 3 is 2.44 bits per heavy atom. The van der Waals surface area contributed by atoms with Gasteiger partial charge in [-0.2, -0.15) is 21.6 Å². The van der Waals surface area contributed by atoms with E-state index in [0.717, 1.165) is 13.2 Å². The summed E-state index contributed by atoms with van der Waals surface area (Å²) in [6.07, 6.45) is 0.303. The molecule has 0 aromatic rings. The average Bonchev–Trinajstić information content (AvgIpc) is 2.27. The fourth-order valence-electron chi connectivity index (χ4n) is 1.21. The van der Waals surface area contributed by atoms with Crippen LogP contribution in [0.2, 0.25) is 0 Å². The highest BCUT2D eigenvalue weighted by Gasteiger charge is 2.48. The summed E-state index contributed by atoms with van der Waals surface area (Å²) in [5.74, 6) is -0.340. The SMILES string of the molecule is COC(=O)N1CC=C(OS(=O)(=O)C(F)(F)F)CC1. The molecule has 1 rings (SSSR count). The van der Waals surface area contributed by atoms with Crippen molar-refractivity contribution >= 4 is 16.2 Å². The highest BCUT2D eigenvalue weighted by molar-refractivity contribution is 7.87. The summed E-state index contributed by atoms with van der Waals surface area (Å²) >= 11 is 0. The van der Waals surface area contributed by atoms with Gasteiger partial charge in [-0.25, -0.2) is 4.79 Å². The average molecular weight is 289 g/mol. The van der Waals surface area contributed by atoms with Crippen LogP contribution in [0.5, 0.6) is 0 Å². The highest BCUT2D eigenvalue weighted by Crippen LogP contribution is 2.28. The number of methoxy groups -OCH3 is 1. The number of carbonyl (C=O) groups excluding carboxylic acids is 1. The summed E-state index contributed by atoms with van der Waals surface area (Å²) in [5.41, 5.74) is -5.46. The first-order valence-corrected chi connectivity index (χ1v) is 6.11. The Balaban J connectivity index is 2.68. The molecule has 0 fully saturated rings. The molecule has 0 N–H and O–H groups in total. The van der Waals surface area contributed by atoms with Crippen molar-refractivity contribution < 1.29 is 35.3 Å². The Bertz CT molecular complexity index is 456. The van der Waals surface area contributed by atoms with Gasteiger partial charge in [-0.3, -0.25) is 0 Å². The maximum Gasteiger partial charge on any atom is 0.534 e. The molecule has 0 aliphatic carbocycles. The third-order valence-corrected chi connectivity index (χ3v) is 3.10. The van der Waals surface area contributed by atoms with Crippen LogP contribution >= 0.6 is 0 Å². The van der Waals surface area contributed by atoms with Gasteiger partial charge in [-0.05, 0) is 6.08 Å². The number of hydrogen-bond acceptors (Lipinski definition) is 5. The largest absolute Gasteiger partial charge is 0.534 e. The van der Waals surface area contributed by atoms with Crippen molar-refractivity contribution in [1.29, 1.82) is 0 Å². The molecule has 1 aliphatic heterocycles. The van der Waals surface area contributed by atoms with E-state index < -0.39 is 21.7 Å². The molecule has 0 saturated heterocycles. The van der Waals surface area contributed by atoms with Crippen LogP contribution in [0.25, 0.3) is 0 Å². The Morgan fingerprint density at radius 2 is 2.06 bits per heavy atom. The molecule has 18 heavy (non-hydrogen) atoms. The summed E-state index contributed by atoms with van der Waals surface area (Å²) in [6, 6.07) is 0. The maximum atomic E-state index is 12.0. The van der Waals surface area contributed by atoms with Crippen molar-refractivity contribution in [2.45, 2.75) is 11.9 Å². The second kappa shape index (κ2) is 5.04. The van der Waals surface area contributed by atoms with Crippen molar-refractivity contribution in [1.82, 2.24) is 4.90 Å². The minimum atomic E-state index is -5.64. The Morgan fingerprint density at radius 1 is 1.44 bits per heavy atom. The van der Waals surface area contributed by atoms with Crippen molar-refractivity contribution in [3.05, 3.63) is 11.8 Å².